The molecular formula is C14H22N2O3. The molecule has 0 aliphatic carbocycles. The predicted molar refractivity (Wildman–Crippen MR) is 76.3 cm³/mol. The molecular weight excluding hydrogens is 244 g/mol. The number of anilines is 1. The largest absolute Gasteiger partial charge is 0.383 e. The van der Waals surface area contributed by atoms with E-state index in [4.69, 9.17) is 4.74 Å². The standard InChI is InChI=1S/C14H22N2O3/c1-5-15(6-2)13-9-11(3)16(7-8-19-4)14(18)12(13)10-17/h9-10H,5-8H2,1-4H3. The summed E-state index contributed by atoms with van der Waals surface area (Å²) in [6.45, 7) is 8.31. The van der Waals surface area contributed by atoms with Crippen LogP contribution in [0.3, 0.4) is 0 Å². The van der Waals surface area contributed by atoms with Crippen molar-refractivity contribution < 1.29 is 9.53 Å². The van der Waals surface area contributed by atoms with Gasteiger partial charge >= 0.3 is 0 Å². The van der Waals surface area contributed by atoms with Crippen LogP contribution < -0.4 is 10.5 Å². The van der Waals surface area contributed by atoms with Gasteiger partial charge in [0.2, 0.25) is 0 Å². The number of methoxy groups -OCH3 is 1. The van der Waals surface area contributed by atoms with E-state index in [9.17, 15) is 9.59 Å². The van der Waals surface area contributed by atoms with Gasteiger partial charge in [0.1, 0.15) is 5.56 Å². The molecule has 0 unspecified atom stereocenters. The SMILES string of the molecule is CCN(CC)c1cc(C)n(CCOC)c(=O)c1C=O. The third-order valence-electron chi connectivity index (χ3n) is 3.26. The molecule has 0 saturated heterocycles. The van der Waals surface area contributed by atoms with Gasteiger partial charge in [-0.2, -0.15) is 0 Å². The monoisotopic (exact) mass is 266 g/mol. The fourth-order valence-electron chi connectivity index (χ4n) is 2.17. The number of rotatable bonds is 7. The Morgan fingerprint density at radius 3 is 2.47 bits per heavy atom. The quantitative estimate of drug-likeness (QED) is 0.701. The van der Waals surface area contributed by atoms with Gasteiger partial charge in [-0.1, -0.05) is 0 Å². The minimum atomic E-state index is -0.242. The van der Waals surface area contributed by atoms with Crippen LogP contribution in [0.4, 0.5) is 5.69 Å². The summed E-state index contributed by atoms with van der Waals surface area (Å²) in [4.78, 5) is 25.6. The average Bonchev–Trinajstić information content (AvgIpc) is 2.40. The van der Waals surface area contributed by atoms with Crippen LogP contribution in [0.25, 0.3) is 0 Å². The minimum Gasteiger partial charge on any atom is -0.383 e. The van der Waals surface area contributed by atoms with Crippen molar-refractivity contribution in [2.75, 3.05) is 31.7 Å². The molecule has 0 aliphatic heterocycles. The highest BCUT2D eigenvalue weighted by Gasteiger charge is 2.15. The van der Waals surface area contributed by atoms with Crippen LogP contribution in [-0.2, 0) is 11.3 Å². The second-order valence-electron chi connectivity index (χ2n) is 4.32. The van der Waals surface area contributed by atoms with Crippen molar-refractivity contribution >= 4 is 12.0 Å². The van der Waals surface area contributed by atoms with Gasteiger partial charge in [0.05, 0.1) is 12.3 Å². The van der Waals surface area contributed by atoms with Gasteiger partial charge in [-0.25, -0.2) is 0 Å². The van der Waals surface area contributed by atoms with E-state index in [1.807, 2.05) is 31.7 Å². The molecule has 0 aromatic carbocycles. The third-order valence-corrected chi connectivity index (χ3v) is 3.26. The molecule has 1 heterocycles. The van der Waals surface area contributed by atoms with Crippen molar-refractivity contribution in [2.24, 2.45) is 0 Å². The number of aryl methyl sites for hydroxylation is 1. The van der Waals surface area contributed by atoms with Crippen LogP contribution in [0.5, 0.6) is 0 Å². The maximum absolute atomic E-state index is 12.3. The van der Waals surface area contributed by atoms with E-state index < -0.39 is 0 Å². The summed E-state index contributed by atoms with van der Waals surface area (Å²) >= 11 is 0. The van der Waals surface area contributed by atoms with Gasteiger partial charge in [0.25, 0.3) is 5.56 Å². The molecule has 0 spiro atoms. The average molecular weight is 266 g/mol. The van der Waals surface area contributed by atoms with Gasteiger partial charge in [-0.05, 0) is 26.8 Å². The third kappa shape index (κ3) is 3.23. The Morgan fingerprint density at radius 2 is 2.00 bits per heavy atom. The number of aromatic nitrogens is 1. The molecule has 5 nitrogen and oxygen atoms in total. The summed E-state index contributed by atoms with van der Waals surface area (Å²) in [5.74, 6) is 0. The molecule has 0 aliphatic rings. The van der Waals surface area contributed by atoms with E-state index in [-0.39, 0.29) is 11.1 Å². The first-order valence-corrected chi connectivity index (χ1v) is 6.54. The lowest BCUT2D eigenvalue weighted by Crippen LogP contribution is -2.32. The summed E-state index contributed by atoms with van der Waals surface area (Å²) in [5, 5.41) is 0. The van der Waals surface area contributed by atoms with E-state index in [1.165, 1.54) is 0 Å². The Bertz CT molecular complexity index is 490. The molecule has 1 aromatic rings. The van der Waals surface area contributed by atoms with Gasteiger partial charge in [-0.15, -0.1) is 0 Å². The van der Waals surface area contributed by atoms with Gasteiger partial charge in [-0.3, -0.25) is 9.59 Å². The van der Waals surface area contributed by atoms with Crippen molar-refractivity contribution in [3.05, 3.63) is 27.7 Å². The van der Waals surface area contributed by atoms with Gasteiger partial charge in [0.15, 0.2) is 6.29 Å². The number of pyridine rings is 1. The highest BCUT2D eigenvalue weighted by molar-refractivity contribution is 5.84. The summed E-state index contributed by atoms with van der Waals surface area (Å²) < 4.78 is 6.57. The predicted octanol–water partition coefficient (Wildman–Crippen LogP) is 1.46. The fraction of sp³-hybridized carbons (Fsp3) is 0.571. The summed E-state index contributed by atoms with van der Waals surface area (Å²) in [6, 6.07) is 1.90. The van der Waals surface area contributed by atoms with Crippen LogP contribution in [0.2, 0.25) is 0 Å². The normalized spacial score (nSPS) is 10.5. The van der Waals surface area contributed by atoms with Crippen LogP contribution >= 0.6 is 0 Å². The van der Waals surface area contributed by atoms with E-state index >= 15 is 0 Å². The molecule has 0 bridgehead atoms. The Labute approximate surface area is 113 Å². The van der Waals surface area contributed by atoms with Crippen molar-refractivity contribution in [3.8, 4) is 0 Å². The van der Waals surface area contributed by atoms with Crippen LogP contribution in [0.1, 0.15) is 29.9 Å². The Hall–Kier alpha value is -1.62. The second kappa shape index (κ2) is 7.09. The summed E-state index contributed by atoms with van der Waals surface area (Å²) in [7, 11) is 1.59. The molecule has 106 valence electrons. The number of carbonyl (C=O) groups excluding carboxylic acids is 1. The van der Waals surface area contributed by atoms with E-state index in [0.717, 1.165) is 24.5 Å². The first-order chi connectivity index (χ1) is 9.10. The molecule has 0 fully saturated rings. The minimum absolute atomic E-state index is 0.227. The zero-order valence-electron chi connectivity index (χ0n) is 12.1. The first-order valence-electron chi connectivity index (χ1n) is 6.54. The number of ether oxygens (including phenoxy) is 1. The molecule has 0 radical (unpaired) electrons. The Morgan fingerprint density at radius 1 is 1.37 bits per heavy atom. The van der Waals surface area contributed by atoms with Crippen LogP contribution in [0, 0.1) is 6.92 Å². The highest BCUT2D eigenvalue weighted by atomic mass is 16.5. The zero-order chi connectivity index (χ0) is 14.4. The molecule has 0 N–H and O–H groups in total. The molecule has 0 saturated carbocycles. The zero-order valence-corrected chi connectivity index (χ0v) is 12.1. The molecule has 0 atom stereocenters. The van der Waals surface area contributed by atoms with Crippen LogP contribution in [0.15, 0.2) is 10.9 Å². The number of hydrogen-bond donors (Lipinski definition) is 0. The highest BCUT2D eigenvalue weighted by Crippen LogP contribution is 2.17. The van der Waals surface area contributed by atoms with E-state index in [0.29, 0.717) is 19.4 Å². The molecule has 1 aromatic heterocycles. The lowest BCUT2D eigenvalue weighted by atomic mass is 10.2. The smallest absolute Gasteiger partial charge is 0.263 e. The lowest BCUT2D eigenvalue weighted by molar-refractivity contribution is 0.112. The number of carbonyl (C=O) groups is 1. The summed E-state index contributed by atoms with van der Waals surface area (Å²) in [5.41, 5.74) is 1.55. The molecule has 19 heavy (non-hydrogen) atoms. The number of aldehydes is 1. The second-order valence-corrected chi connectivity index (χ2v) is 4.32. The lowest BCUT2D eigenvalue weighted by Gasteiger charge is -2.24. The Balaban J connectivity index is 3.37. The van der Waals surface area contributed by atoms with Gasteiger partial charge < -0.3 is 14.2 Å². The number of nitrogens with zero attached hydrogens (tertiary/aromatic N) is 2. The maximum atomic E-state index is 12.3. The number of hydrogen-bond acceptors (Lipinski definition) is 4. The summed E-state index contributed by atoms with van der Waals surface area (Å²) in [6.07, 6.45) is 0.652. The van der Waals surface area contributed by atoms with Gasteiger partial charge in [0, 0.05) is 32.4 Å². The van der Waals surface area contributed by atoms with Crippen molar-refractivity contribution in [1.82, 2.24) is 4.57 Å². The van der Waals surface area contributed by atoms with Crippen molar-refractivity contribution in [2.45, 2.75) is 27.3 Å². The Kier molecular flexibility index (Phi) is 5.76. The molecule has 5 heteroatoms. The van der Waals surface area contributed by atoms with Crippen LogP contribution in [-0.4, -0.2) is 37.7 Å². The fourth-order valence-corrected chi connectivity index (χ4v) is 2.17. The first kappa shape index (κ1) is 15.4. The van der Waals surface area contributed by atoms with Crippen molar-refractivity contribution in [3.63, 3.8) is 0 Å². The topological polar surface area (TPSA) is 51.5 Å². The molecule has 1 rings (SSSR count). The maximum Gasteiger partial charge on any atom is 0.263 e. The van der Waals surface area contributed by atoms with E-state index in [2.05, 4.69) is 0 Å². The van der Waals surface area contributed by atoms with E-state index in [1.54, 1.807) is 11.7 Å². The molecule has 0 amide bonds. The van der Waals surface area contributed by atoms with Crippen molar-refractivity contribution in [1.29, 1.82) is 0 Å².